The lowest BCUT2D eigenvalue weighted by molar-refractivity contribution is 0.546. The van der Waals surface area contributed by atoms with Crippen LogP contribution >= 0.6 is 22.9 Å². The van der Waals surface area contributed by atoms with Crippen molar-refractivity contribution in [3.63, 3.8) is 0 Å². The molecule has 0 amide bonds. The first-order chi connectivity index (χ1) is 8.60. The largest absolute Gasteiger partial charge is 0.311 e. The summed E-state index contributed by atoms with van der Waals surface area (Å²) in [6.45, 7) is 1.96. The van der Waals surface area contributed by atoms with Gasteiger partial charge in [0.05, 0.1) is 16.7 Å². The van der Waals surface area contributed by atoms with Gasteiger partial charge in [-0.25, -0.2) is 9.37 Å². The Labute approximate surface area is 115 Å². The maximum atomic E-state index is 13.7. The molecule has 0 bridgehead atoms. The third kappa shape index (κ3) is 3.07. The van der Waals surface area contributed by atoms with Crippen molar-refractivity contribution in [1.29, 1.82) is 0 Å². The molecule has 2 rings (SSSR count). The molecule has 0 spiro atoms. The second-order valence-corrected chi connectivity index (χ2v) is 5.57. The molecule has 0 saturated heterocycles. The first-order valence-corrected chi connectivity index (χ1v) is 6.89. The summed E-state index contributed by atoms with van der Waals surface area (Å²) in [4.78, 5) is 4.43. The number of benzene rings is 1. The van der Waals surface area contributed by atoms with Crippen molar-refractivity contribution in [2.24, 2.45) is 0 Å². The number of rotatable bonds is 4. The van der Waals surface area contributed by atoms with Gasteiger partial charge in [-0.3, -0.25) is 0 Å². The van der Waals surface area contributed by atoms with Crippen LogP contribution in [0.3, 0.4) is 0 Å². The van der Waals surface area contributed by atoms with Crippen molar-refractivity contribution < 1.29 is 4.39 Å². The topological polar surface area (TPSA) is 24.9 Å². The number of halogens is 2. The molecule has 1 aromatic carbocycles. The Hall–Kier alpha value is -0.970. The summed E-state index contributed by atoms with van der Waals surface area (Å²) in [5.74, 6) is -0.269. The Morgan fingerprint density at radius 3 is 2.83 bits per heavy atom. The van der Waals surface area contributed by atoms with Gasteiger partial charge in [0.1, 0.15) is 5.82 Å². The summed E-state index contributed by atoms with van der Waals surface area (Å²) < 4.78 is 13.7. The summed E-state index contributed by atoms with van der Waals surface area (Å²) in [6, 6.07) is 4.79. The van der Waals surface area contributed by atoms with Crippen LogP contribution < -0.4 is 5.32 Å². The maximum absolute atomic E-state index is 13.7. The van der Waals surface area contributed by atoms with Crippen molar-refractivity contribution in [2.75, 3.05) is 7.05 Å². The van der Waals surface area contributed by atoms with E-state index in [2.05, 4.69) is 10.3 Å². The molecule has 0 saturated carbocycles. The molecule has 1 atom stereocenters. The fraction of sp³-hybridized carbons (Fsp3) is 0.308. The van der Waals surface area contributed by atoms with E-state index in [0.717, 1.165) is 10.7 Å². The number of aromatic nitrogens is 1. The minimum Gasteiger partial charge on any atom is -0.311 e. The molecule has 5 heteroatoms. The van der Waals surface area contributed by atoms with Gasteiger partial charge in [0.2, 0.25) is 0 Å². The lowest BCUT2D eigenvalue weighted by atomic mass is 10.0. The van der Waals surface area contributed by atoms with E-state index in [4.69, 9.17) is 11.6 Å². The molecule has 0 aliphatic rings. The van der Waals surface area contributed by atoms with Crippen molar-refractivity contribution in [3.05, 3.63) is 50.7 Å². The van der Waals surface area contributed by atoms with Gasteiger partial charge in [0.25, 0.3) is 0 Å². The summed E-state index contributed by atoms with van der Waals surface area (Å²) >= 11 is 7.34. The third-order valence-corrected chi connectivity index (χ3v) is 3.81. The van der Waals surface area contributed by atoms with Gasteiger partial charge in [0, 0.05) is 10.4 Å². The van der Waals surface area contributed by atoms with Crippen molar-refractivity contribution >= 4 is 22.9 Å². The van der Waals surface area contributed by atoms with Crippen LogP contribution in [0.4, 0.5) is 4.39 Å². The van der Waals surface area contributed by atoms with E-state index in [0.29, 0.717) is 17.0 Å². The van der Waals surface area contributed by atoms with Crippen molar-refractivity contribution in [1.82, 2.24) is 10.3 Å². The molecule has 0 radical (unpaired) electrons. The molecule has 1 aromatic heterocycles. The minimum absolute atomic E-state index is 0.0191. The van der Waals surface area contributed by atoms with Crippen LogP contribution in [0.5, 0.6) is 0 Å². The van der Waals surface area contributed by atoms with Crippen LogP contribution in [-0.2, 0) is 6.42 Å². The zero-order valence-corrected chi connectivity index (χ0v) is 11.8. The van der Waals surface area contributed by atoms with Gasteiger partial charge in [-0.1, -0.05) is 17.7 Å². The normalized spacial score (nSPS) is 12.7. The molecule has 96 valence electrons. The van der Waals surface area contributed by atoms with Gasteiger partial charge < -0.3 is 5.32 Å². The van der Waals surface area contributed by atoms with Crippen LogP contribution in [0.2, 0.25) is 5.02 Å². The minimum atomic E-state index is -0.269. The van der Waals surface area contributed by atoms with Gasteiger partial charge in [-0.15, -0.1) is 11.3 Å². The predicted octanol–water partition coefficient (Wildman–Crippen LogP) is 3.75. The number of hydrogen-bond acceptors (Lipinski definition) is 3. The molecule has 0 aliphatic carbocycles. The second-order valence-electron chi connectivity index (χ2n) is 4.07. The number of nitrogens with one attached hydrogen (secondary N) is 1. The Balaban J connectivity index is 2.20. The molecule has 2 nitrogen and oxygen atoms in total. The highest BCUT2D eigenvalue weighted by Gasteiger charge is 2.15. The molecule has 2 aromatic rings. The van der Waals surface area contributed by atoms with E-state index >= 15 is 0 Å². The first-order valence-electron chi connectivity index (χ1n) is 5.63. The smallest absolute Gasteiger partial charge is 0.127 e. The van der Waals surface area contributed by atoms with E-state index in [1.807, 2.05) is 19.4 Å². The van der Waals surface area contributed by atoms with Gasteiger partial charge >= 0.3 is 0 Å². The Kier molecular flexibility index (Phi) is 4.32. The molecule has 1 heterocycles. The number of likely N-dealkylation sites (N-methyl/N-ethyl adjacent to an activating group) is 1. The number of hydrogen-bond donors (Lipinski definition) is 1. The van der Waals surface area contributed by atoms with E-state index in [1.54, 1.807) is 23.5 Å². The monoisotopic (exact) mass is 284 g/mol. The Morgan fingerprint density at radius 2 is 2.28 bits per heavy atom. The van der Waals surface area contributed by atoms with Gasteiger partial charge in [0.15, 0.2) is 0 Å². The predicted molar refractivity (Wildman–Crippen MR) is 73.8 cm³/mol. The lowest BCUT2D eigenvalue weighted by Crippen LogP contribution is -2.19. The molecular weight excluding hydrogens is 271 g/mol. The zero-order valence-electron chi connectivity index (χ0n) is 10.2. The van der Waals surface area contributed by atoms with Crippen molar-refractivity contribution in [3.8, 4) is 0 Å². The Bertz CT molecular complexity index is 542. The van der Waals surface area contributed by atoms with Gasteiger partial charge in [-0.05, 0) is 38.1 Å². The maximum Gasteiger partial charge on any atom is 0.127 e. The highest BCUT2D eigenvalue weighted by Crippen LogP contribution is 2.23. The quantitative estimate of drug-likeness (QED) is 0.925. The fourth-order valence-corrected chi connectivity index (χ4v) is 2.63. The average molecular weight is 285 g/mol. The van der Waals surface area contributed by atoms with Crippen LogP contribution in [0, 0.1) is 12.7 Å². The van der Waals surface area contributed by atoms with Crippen LogP contribution in [0.15, 0.2) is 23.6 Å². The summed E-state index contributed by atoms with van der Waals surface area (Å²) in [6.07, 6.45) is 0.558. The SMILES string of the molecule is CNC(Cc1ccc(Cl)cc1F)c1csc(C)n1. The molecule has 1 N–H and O–H groups in total. The van der Waals surface area contributed by atoms with E-state index in [-0.39, 0.29) is 11.9 Å². The summed E-state index contributed by atoms with van der Waals surface area (Å²) in [5, 5.41) is 6.60. The summed E-state index contributed by atoms with van der Waals surface area (Å²) in [5.41, 5.74) is 1.60. The lowest BCUT2D eigenvalue weighted by Gasteiger charge is -2.14. The molecule has 0 fully saturated rings. The van der Waals surface area contributed by atoms with Crippen LogP contribution in [0.1, 0.15) is 22.3 Å². The highest BCUT2D eigenvalue weighted by molar-refractivity contribution is 7.09. The van der Waals surface area contributed by atoms with Crippen LogP contribution in [-0.4, -0.2) is 12.0 Å². The standard InChI is InChI=1S/C13H14ClFN2S/c1-8-17-13(7-18-8)12(16-2)5-9-3-4-10(14)6-11(9)15/h3-4,6-7,12,16H,5H2,1-2H3. The molecule has 18 heavy (non-hydrogen) atoms. The number of thiazole rings is 1. The average Bonchev–Trinajstić information content (AvgIpc) is 2.75. The molecule has 0 aliphatic heterocycles. The van der Waals surface area contributed by atoms with Crippen LogP contribution in [0.25, 0.3) is 0 Å². The highest BCUT2D eigenvalue weighted by atomic mass is 35.5. The van der Waals surface area contributed by atoms with E-state index < -0.39 is 0 Å². The van der Waals surface area contributed by atoms with E-state index in [1.165, 1.54) is 6.07 Å². The fourth-order valence-electron chi connectivity index (χ4n) is 1.80. The second kappa shape index (κ2) is 5.78. The number of nitrogens with zero attached hydrogens (tertiary/aromatic N) is 1. The van der Waals surface area contributed by atoms with E-state index in [9.17, 15) is 4.39 Å². The molecule has 1 unspecified atom stereocenters. The first kappa shape index (κ1) is 13.5. The Morgan fingerprint density at radius 1 is 1.50 bits per heavy atom. The zero-order chi connectivity index (χ0) is 13.1. The number of aryl methyl sites for hydroxylation is 1. The third-order valence-electron chi connectivity index (χ3n) is 2.78. The van der Waals surface area contributed by atoms with Crippen molar-refractivity contribution in [2.45, 2.75) is 19.4 Å². The summed E-state index contributed by atoms with van der Waals surface area (Å²) in [7, 11) is 1.85. The molecular formula is C13H14ClFN2S. The van der Waals surface area contributed by atoms with Gasteiger partial charge in [-0.2, -0.15) is 0 Å².